The fourth-order valence-electron chi connectivity index (χ4n) is 2.56. The fourth-order valence-corrected chi connectivity index (χ4v) is 4.19. The monoisotopic (exact) mass is 265 g/mol. The van der Waals surface area contributed by atoms with E-state index in [1.165, 1.54) is 12.1 Å². The zero-order chi connectivity index (χ0) is 12.8. The molecule has 1 aromatic rings. The van der Waals surface area contributed by atoms with E-state index < -0.39 is 9.84 Å². The van der Waals surface area contributed by atoms with E-state index in [1.807, 2.05) is 0 Å². The summed E-state index contributed by atoms with van der Waals surface area (Å²) in [6.45, 7) is 2.42. The Morgan fingerprint density at radius 3 is 2.67 bits per heavy atom. The summed E-state index contributed by atoms with van der Waals surface area (Å²) in [5.74, 6) is -0.00634. The van der Waals surface area contributed by atoms with Gasteiger partial charge in [-0.15, -0.1) is 0 Å². The zero-order valence-corrected chi connectivity index (χ0v) is 10.8. The molecule has 1 saturated heterocycles. The van der Waals surface area contributed by atoms with Crippen LogP contribution < -0.4 is 0 Å². The van der Waals surface area contributed by atoms with Crippen LogP contribution in [0.15, 0.2) is 28.0 Å². The number of hydrogen-bond donors (Lipinski definition) is 1. The van der Waals surface area contributed by atoms with Gasteiger partial charge in [0, 0.05) is 6.54 Å². The average molecular weight is 265 g/mol. The number of sulfone groups is 1. The van der Waals surface area contributed by atoms with Gasteiger partial charge in [0.25, 0.3) is 0 Å². The number of likely N-dealkylation sites (tertiary alicyclic amines) is 1. The summed E-state index contributed by atoms with van der Waals surface area (Å²) >= 11 is 0. The predicted octanol–water partition coefficient (Wildman–Crippen LogP) is 1.62. The van der Waals surface area contributed by atoms with E-state index in [2.05, 4.69) is 4.90 Å². The van der Waals surface area contributed by atoms with Crippen molar-refractivity contribution < 1.29 is 13.5 Å². The Bertz CT molecular complexity index is 613. The first-order valence-corrected chi connectivity index (χ1v) is 7.57. The molecule has 0 atom stereocenters. The van der Waals surface area contributed by atoms with Gasteiger partial charge in [0.05, 0.1) is 9.80 Å². The molecule has 0 radical (unpaired) electrons. The van der Waals surface area contributed by atoms with E-state index in [-0.39, 0.29) is 10.6 Å². The van der Waals surface area contributed by atoms with Crippen LogP contribution in [0.25, 0.3) is 6.08 Å². The highest BCUT2D eigenvalue weighted by atomic mass is 32.2. The normalized spacial score (nSPS) is 21.9. The third kappa shape index (κ3) is 1.83. The summed E-state index contributed by atoms with van der Waals surface area (Å²) in [7, 11) is -3.40. The highest BCUT2D eigenvalue weighted by Crippen LogP contribution is 2.35. The molecule has 2 aliphatic heterocycles. The largest absolute Gasteiger partial charge is 0.508 e. The van der Waals surface area contributed by atoms with E-state index in [1.54, 1.807) is 12.1 Å². The molecular weight excluding hydrogens is 250 g/mol. The SMILES string of the molecule is O=S1(=O)C(CN2CCCC2)=Cc2ccc(O)cc21. The van der Waals surface area contributed by atoms with E-state index in [0.29, 0.717) is 17.0 Å². The minimum absolute atomic E-state index is 0.00634. The number of aromatic hydroxyl groups is 1. The Morgan fingerprint density at radius 2 is 1.94 bits per heavy atom. The minimum atomic E-state index is -3.40. The Kier molecular flexibility index (Phi) is 2.68. The highest BCUT2D eigenvalue weighted by molar-refractivity contribution is 7.95. The number of phenols is 1. The van der Waals surface area contributed by atoms with Crippen LogP contribution in [0.1, 0.15) is 18.4 Å². The van der Waals surface area contributed by atoms with Crippen LogP contribution in [0.4, 0.5) is 0 Å². The van der Waals surface area contributed by atoms with Crippen LogP contribution in [0.2, 0.25) is 0 Å². The maximum absolute atomic E-state index is 12.3. The third-order valence-corrected chi connectivity index (χ3v) is 5.40. The van der Waals surface area contributed by atoms with Crippen molar-refractivity contribution in [2.45, 2.75) is 17.7 Å². The molecule has 0 aromatic heterocycles. The molecule has 1 N–H and O–H groups in total. The topological polar surface area (TPSA) is 57.6 Å². The Labute approximate surface area is 106 Å². The molecule has 0 amide bonds. The summed E-state index contributed by atoms with van der Waals surface area (Å²) in [5.41, 5.74) is 0.682. The molecular formula is C13H15NO3S. The summed E-state index contributed by atoms with van der Waals surface area (Å²) in [6.07, 6.45) is 4.00. The van der Waals surface area contributed by atoms with Gasteiger partial charge in [-0.05, 0) is 55.8 Å². The summed E-state index contributed by atoms with van der Waals surface area (Å²) in [4.78, 5) is 2.84. The molecule has 5 heteroatoms. The maximum Gasteiger partial charge on any atom is 0.204 e. The maximum atomic E-state index is 12.3. The molecule has 0 spiro atoms. The molecule has 0 saturated carbocycles. The first-order valence-electron chi connectivity index (χ1n) is 6.08. The van der Waals surface area contributed by atoms with Gasteiger partial charge >= 0.3 is 0 Å². The number of hydrogen-bond acceptors (Lipinski definition) is 4. The van der Waals surface area contributed by atoms with Crippen LogP contribution in [-0.4, -0.2) is 38.1 Å². The van der Waals surface area contributed by atoms with E-state index in [0.717, 1.165) is 25.9 Å². The summed E-state index contributed by atoms with van der Waals surface area (Å²) in [5, 5.41) is 9.40. The van der Waals surface area contributed by atoms with Crippen LogP contribution in [0.3, 0.4) is 0 Å². The second kappa shape index (κ2) is 4.10. The molecule has 0 bridgehead atoms. The van der Waals surface area contributed by atoms with Gasteiger partial charge in [0.15, 0.2) is 0 Å². The van der Waals surface area contributed by atoms with Gasteiger partial charge in [0.2, 0.25) is 9.84 Å². The van der Waals surface area contributed by atoms with Gasteiger partial charge in [-0.1, -0.05) is 0 Å². The zero-order valence-electron chi connectivity index (χ0n) is 9.96. The molecule has 2 heterocycles. The van der Waals surface area contributed by atoms with Crippen molar-refractivity contribution in [3.63, 3.8) is 0 Å². The van der Waals surface area contributed by atoms with E-state index >= 15 is 0 Å². The Balaban J connectivity index is 1.94. The fraction of sp³-hybridized carbons (Fsp3) is 0.385. The van der Waals surface area contributed by atoms with Crippen LogP contribution >= 0.6 is 0 Å². The molecule has 1 aromatic carbocycles. The Morgan fingerprint density at radius 1 is 1.22 bits per heavy atom. The second-order valence-electron chi connectivity index (χ2n) is 4.82. The lowest BCUT2D eigenvalue weighted by molar-refractivity contribution is 0.374. The van der Waals surface area contributed by atoms with Crippen molar-refractivity contribution >= 4 is 15.9 Å². The van der Waals surface area contributed by atoms with Crippen molar-refractivity contribution in [2.24, 2.45) is 0 Å². The lowest BCUT2D eigenvalue weighted by Gasteiger charge is -2.14. The van der Waals surface area contributed by atoms with Crippen LogP contribution in [0, 0.1) is 0 Å². The lowest BCUT2D eigenvalue weighted by Crippen LogP contribution is -2.23. The summed E-state index contributed by atoms with van der Waals surface area (Å²) < 4.78 is 24.6. The van der Waals surface area contributed by atoms with Gasteiger partial charge in [-0.2, -0.15) is 0 Å². The second-order valence-corrected chi connectivity index (χ2v) is 6.79. The third-order valence-electron chi connectivity index (χ3n) is 3.53. The van der Waals surface area contributed by atoms with Gasteiger partial charge in [-0.3, -0.25) is 4.90 Å². The number of phenolic OH excluding ortho intramolecular Hbond substituents is 1. The molecule has 0 unspecified atom stereocenters. The molecule has 18 heavy (non-hydrogen) atoms. The standard InChI is InChI=1S/C13H15NO3S/c15-11-4-3-10-7-12(9-14-5-1-2-6-14)18(16,17)13(10)8-11/h3-4,7-8,15H,1-2,5-6,9H2. The number of nitrogens with zero attached hydrogens (tertiary/aromatic N) is 1. The predicted molar refractivity (Wildman–Crippen MR) is 68.9 cm³/mol. The quantitative estimate of drug-likeness (QED) is 0.882. The van der Waals surface area contributed by atoms with Crippen LogP contribution in [-0.2, 0) is 9.84 Å². The minimum Gasteiger partial charge on any atom is -0.508 e. The van der Waals surface area contributed by atoms with Crippen molar-refractivity contribution in [3.05, 3.63) is 28.7 Å². The average Bonchev–Trinajstić information content (AvgIpc) is 2.90. The summed E-state index contributed by atoms with van der Waals surface area (Å²) in [6, 6.07) is 4.50. The first-order chi connectivity index (χ1) is 8.57. The van der Waals surface area contributed by atoms with Crippen molar-refractivity contribution in [1.82, 2.24) is 4.90 Å². The molecule has 96 valence electrons. The highest BCUT2D eigenvalue weighted by Gasteiger charge is 2.31. The molecule has 4 nitrogen and oxygen atoms in total. The molecule has 3 rings (SSSR count). The first kappa shape index (κ1) is 11.7. The Hall–Kier alpha value is -1.33. The van der Waals surface area contributed by atoms with E-state index in [9.17, 15) is 13.5 Å². The number of benzene rings is 1. The molecule has 2 aliphatic rings. The van der Waals surface area contributed by atoms with Gasteiger partial charge in [-0.25, -0.2) is 8.42 Å². The van der Waals surface area contributed by atoms with Gasteiger partial charge < -0.3 is 5.11 Å². The smallest absolute Gasteiger partial charge is 0.204 e. The van der Waals surface area contributed by atoms with Gasteiger partial charge in [0.1, 0.15) is 5.75 Å². The molecule has 1 fully saturated rings. The van der Waals surface area contributed by atoms with Crippen LogP contribution in [0.5, 0.6) is 5.75 Å². The van der Waals surface area contributed by atoms with E-state index in [4.69, 9.17) is 0 Å². The van der Waals surface area contributed by atoms with Crippen molar-refractivity contribution in [2.75, 3.05) is 19.6 Å². The number of rotatable bonds is 2. The van der Waals surface area contributed by atoms with Crippen molar-refractivity contribution in [3.8, 4) is 5.75 Å². The molecule has 0 aliphatic carbocycles. The number of fused-ring (bicyclic) bond motifs is 1. The lowest BCUT2D eigenvalue weighted by atomic mass is 10.2. The van der Waals surface area contributed by atoms with Crippen molar-refractivity contribution in [1.29, 1.82) is 0 Å².